The summed E-state index contributed by atoms with van der Waals surface area (Å²) < 4.78 is 5.37. The van der Waals surface area contributed by atoms with Crippen LogP contribution in [0.15, 0.2) is 4.99 Å². The van der Waals surface area contributed by atoms with Crippen LogP contribution in [0.1, 0.15) is 38.5 Å². The average molecular weight is 239 g/mol. The predicted molar refractivity (Wildman–Crippen MR) is 70.3 cm³/mol. The van der Waals surface area contributed by atoms with E-state index in [4.69, 9.17) is 4.74 Å². The molecule has 1 aliphatic heterocycles. The fraction of sp³-hybridized carbons (Fsp3) is 0.923. The molecule has 2 rings (SSSR count). The highest BCUT2D eigenvalue weighted by Crippen LogP contribution is 2.17. The first-order chi connectivity index (χ1) is 8.38. The number of hydrogen-bond acceptors (Lipinski definition) is 2. The molecule has 2 N–H and O–H groups in total. The molecule has 1 saturated carbocycles. The van der Waals surface area contributed by atoms with E-state index in [9.17, 15) is 0 Å². The summed E-state index contributed by atoms with van der Waals surface area (Å²) in [5, 5.41) is 6.95. The summed E-state index contributed by atoms with van der Waals surface area (Å²) in [7, 11) is 1.85. The van der Waals surface area contributed by atoms with Gasteiger partial charge in [0.15, 0.2) is 5.96 Å². The second-order valence-corrected chi connectivity index (χ2v) is 5.16. The first-order valence-corrected chi connectivity index (χ1v) is 6.93. The zero-order valence-corrected chi connectivity index (χ0v) is 10.9. The lowest BCUT2D eigenvalue weighted by Gasteiger charge is -2.25. The van der Waals surface area contributed by atoms with E-state index < -0.39 is 0 Å². The van der Waals surface area contributed by atoms with E-state index in [0.717, 1.165) is 25.7 Å². The van der Waals surface area contributed by atoms with Gasteiger partial charge < -0.3 is 15.4 Å². The molecule has 1 atom stereocenters. The number of hydrogen-bond donors (Lipinski definition) is 2. The summed E-state index contributed by atoms with van der Waals surface area (Å²) in [6, 6.07) is 0.620. The van der Waals surface area contributed by atoms with Gasteiger partial charge in [0.25, 0.3) is 0 Å². The van der Waals surface area contributed by atoms with E-state index >= 15 is 0 Å². The Morgan fingerprint density at radius 1 is 1.24 bits per heavy atom. The Morgan fingerprint density at radius 2 is 2.06 bits per heavy atom. The molecular weight excluding hydrogens is 214 g/mol. The second-order valence-electron chi connectivity index (χ2n) is 5.16. The smallest absolute Gasteiger partial charge is 0.191 e. The van der Waals surface area contributed by atoms with Crippen molar-refractivity contribution in [3.8, 4) is 0 Å². The van der Waals surface area contributed by atoms with Crippen LogP contribution >= 0.6 is 0 Å². The summed E-state index contributed by atoms with van der Waals surface area (Å²) in [5.74, 6) is 1.61. The van der Waals surface area contributed by atoms with Gasteiger partial charge in [0.2, 0.25) is 0 Å². The summed E-state index contributed by atoms with van der Waals surface area (Å²) in [6.07, 6.45) is 7.84. The topological polar surface area (TPSA) is 45.7 Å². The average Bonchev–Trinajstić information content (AvgIpc) is 2.89. The van der Waals surface area contributed by atoms with Crippen molar-refractivity contribution in [2.45, 2.75) is 44.6 Å². The molecule has 0 aromatic carbocycles. The third-order valence-electron chi connectivity index (χ3n) is 3.75. The fourth-order valence-electron chi connectivity index (χ4n) is 2.62. The standard InChI is InChI=1S/C13H25N3O/c1-14-13(15-9-11-7-8-17-10-11)16-12-5-3-2-4-6-12/h11-12H,2-10H2,1H3,(H2,14,15,16). The summed E-state index contributed by atoms with van der Waals surface area (Å²) in [6.45, 7) is 2.79. The Bertz CT molecular complexity index is 243. The first kappa shape index (κ1) is 12.7. The Hall–Kier alpha value is -0.770. The molecule has 1 heterocycles. The Morgan fingerprint density at radius 3 is 2.71 bits per heavy atom. The molecule has 1 saturated heterocycles. The molecular formula is C13H25N3O. The van der Waals surface area contributed by atoms with Crippen LogP contribution in [0.4, 0.5) is 0 Å². The van der Waals surface area contributed by atoms with E-state index in [0.29, 0.717) is 12.0 Å². The van der Waals surface area contributed by atoms with E-state index in [1.54, 1.807) is 0 Å². The maximum Gasteiger partial charge on any atom is 0.191 e. The quantitative estimate of drug-likeness (QED) is 0.580. The predicted octanol–water partition coefficient (Wildman–Crippen LogP) is 1.52. The largest absolute Gasteiger partial charge is 0.381 e. The SMILES string of the molecule is CN=C(NCC1CCOC1)NC1CCCCC1. The van der Waals surface area contributed by atoms with E-state index in [1.807, 2.05) is 7.05 Å². The van der Waals surface area contributed by atoms with Crippen molar-refractivity contribution in [1.29, 1.82) is 0 Å². The van der Waals surface area contributed by atoms with E-state index in [2.05, 4.69) is 15.6 Å². The van der Waals surface area contributed by atoms with Crippen LogP contribution in [-0.2, 0) is 4.74 Å². The third-order valence-corrected chi connectivity index (χ3v) is 3.75. The molecule has 1 unspecified atom stereocenters. The number of nitrogens with one attached hydrogen (secondary N) is 2. The van der Waals surface area contributed by atoms with Gasteiger partial charge in [-0.05, 0) is 19.3 Å². The van der Waals surface area contributed by atoms with Crippen LogP contribution in [0.5, 0.6) is 0 Å². The van der Waals surface area contributed by atoms with Gasteiger partial charge in [-0.3, -0.25) is 4.99 Å². The van der Waals surface area contributed by atoms with Crippen LogP contribution in [0, 0.1) is 5.92 Å². The van der Waals surface area contributed by atoms with Crippen LogP contribution in [-0.4, -0.2) is 38.8 Å². The van der Waals surface area contributed by atoms with Crippen molar-refractivity contribution >= 4 is 5.96 Å². The van der Waals surface area contributed by atoms with Gasteiger partial charge in [-0.15, -0.1) is 0 Å². The van der Waals surface area contributed by atoms with Crippen LogP contribution in [0.3, 0.4) is 0 Å². The van der Waals surface area contributed by atoms with E-state index in [1.165, 1.54) is 38.5 Å². The maximum atomic E-state index is 5.37. The summed E-state index contributed by atoms with van der Waals surface area (Å²) in [4.78, 5) is 4.30. The van der Waals surface area contributed by atoms with Gasteiger partial charge in [0.1, 0.15) is 0 Å². The highest BCUT2D eigenvalue weighted by Gasteiger charge is 2.17. The number of rotatable bonds is 3. The fourth-order valence-corrected chi connectivity index (χ4v) is 2.62. The number of guanidine groups is 1. The molecule has 2 fully saturated rings. The minimum absolute atomic E-state index is 0.620. The molecule has 0 radical (unpaired) electrons. The van der Waals surface area contributed by atoms with Gasteiger partial charge in [-0.2, -0.15) is 0 Å². The molecule has 0 aromatic heterocycles. The van der Waals surface area contributed by atoms with E-state index in [-0.39, 0.29) is 0 Å². The Kier molecular flexibility index (Phi) is 5.10. The minimum atomic E-state index is 0.620. The van der Waals surface area contributed by atoms with Gasteiger partial charge in [-0.25, -0.2) is 0 Å². The van der Waals surface area contributed by atoms with Crippen LogP contribution in [0.2, 0.25) is 0 Å². The third kappa shape index (κ3) is 4.19. The van der Waals surface area contributed by atoms with Crippen molar-refractivity contribution in [3.63, 3.8) is 0 Å². The lowest BCUT2D eigenvalue weighted by atomic mass is 9.96. The number of aliphatic imine (C=N–C) groups is 1. The normalized spacial score (nSPS) is 27.1. The molecule has 0 amide bonds. The van der Waals surface area contributed by atoms with Crippen molar-refractivity contribution < 1.29 is 4.74 Å². The number of ether oxygens (including phenoxy) is 1. The van der Waals surface area contributed by atoms with Gasteiger partial charge >= 0.3 is 0 Å². The highest BCUT2D eigenvalue weighted by atomic mass is 16.5. The van der Waals surface area contributed by atoms with Gasteiger partial charge in [0, 0.05) is 32.2 Å². The summed E-state index contributed by atoms with van der Waals surface area (Å²) in [5.41, 5.74) is 0. The van der Waals surface area contributed by atoms with Crippen molar-refractivity contribution in [2.24, 2.45) is 10.9 Å². The second kappa shape index (κ2) is 6.84. The lowest BCUT2D eigenvalue weighted by molar-refractivity contribution is 0.186. The molecule has 0 spiro atoms. The molecule has 1 aliphatic carbocycles. The molecule has 4 nitrogen and oxygen atoms in total. The molecule has 0 bridgehead atoms. The Balaban J connectivity index is 1.68. The van der Waals surface area contributed by atoms with Crippen molar-refractivity contribution in [2.75, 3.05) is 26.8 Å². The van der Waals surface area contributed by atoms with Crippen LogP contribution < -0.4 is 10.6 Å². The Labute approximate surface area is 104 Å². The van der Waals surface area contributed by atoms with Crippen molar-refractivity contribution in [1.82, 2.24) is 10.6 Å². The molecule has 4 heteroatoms. The lowest BCUT2D eigenvalue weighted by Crippen LogP contribution is -2.45. The molecule has 98 valence electrons. The molecule has 17 heavy (non-hydrogen) atoms. The first-order valence-electron chi connectivity index (χ1n) is 6.93. The minimum Gasteiger partial charge on any atom is -0.381 e. The monoisotopic (exact) mass is 239 g/mol. The van der Waals surface area contributed by atoms with Crippen molar-refractivity contribution in [3.05, 3.63) is 0 Å². The highest BCUT2D eigenvalue weighted by molar-refractivity contribution is 5.79. The van der Waals surface area contributed by atoms with Crippen LogP contribution in [0.25, 0.3) is 0 Å². The number of nitrogens with zero attached hydrogens (tertiary/aromatic N) is 1. The summed E-state index contributed by atoms with van der Waals surface area (Å²) >= 11 is 0. The molecule has 0 aromatic rings. The van der Waals surface area contributed by atoms with Gasteiger partial charge in [0.05, 0.1) is 6.61 Å². The zero-order valence-electron chi connectivity index (χ0n) is 10.9. The molecule has 2 aliphatic rings. The maximum absolute atomic E-state index is 5.37. The zero-order chi connectivity index (χ0) is 11.9. The van der Waals surface area contributed by atoms with Gasteiger partial charge in [-0.1, -0.05) is 19.3 Å².